The molecule has 0 radical (unpaired) electrons. The third-order valence-electron chi connectivity index (χ3n) is 5.55. The molecule has 2 fully saturated rings. The molecular weight excluding hydrogens is 352 g/mol. The maximum absolute atomic E-state index is 12.2. The molecule has 1 aliphatic carbocycles. The van der Waals surface area contributed by atoms with Gasteiger partial charge in [0.1, 0.15) is 0 Å². The summed E-state index contributed by atoms with van der Waals surface area (Å²) < 4.78 is 0. The lowest BCUT2D eigenvalue weighted by molar-refractivity contribution is 0.244. The smallest absolute Gasteiger partial charge is 0.319 e. The van der Waals surface area contributed by atoms with E-state index in [0.717, 1.165) is 50.7 Å². The highest BCUT2D eigenvalue weighted by Crippen LogP contribution is 2.21. The predicted octanol–water partition coefficient (Wildman–Crippen LogP) is 3.26. The molecule has 7 nitrogen and oxygen atoms in total. The van der Waals surface area contributed by atoms with Gasteiger partial charge in [-0.2, -0.15) is 0 Å². The van der Waals surface area contributed by atoms with E-state index in [4.69, 9.17) is 0 Å². The Bertz CT molecular complexity index is 752. The number of amides is 2. The first kappa shape index (κ1) is 18.5. The number of hydrogen-bond donors (Lipinski definition) is 2. The van der Waals surface area contributed by atoms with Crippen LogP contribution in [0.4, 0.5) is 22.1 Å². The van der Waals surface area contributed by atoms with Crippen molar-refractivity contribution in [2.45, 2.75) is 38.1 Å². The molecule has 0 spiro atoms. The number of anilines is 3. The summed E-state index contributed by atoms with van der Waals surface area (Å²) in [4.78, 5) is 25.4. The van der Waals surface area contributed by atoms with Crippen LogP contribution in [0.25, 0.3) is 0 Å². The number of nitrogens with one attached hydrogen (secondary N) is 2. The van der Waals surface area contributed by atoms with E-state index in [9.17, 15) is 4.79 Å². The van der Waals surface area contributed by atoms with Gasteiger partial charge in [-0.1, -0.05) is 19.3 Å². The minimum atomic E-state index is -0.101. The molecule has 1 aromatic heterocycles. The minimum Gasteiger partial charge on any atom is -0.368 e. The van der Waals surface area contributed by atoms with Crippen LogP contribution in [0.1, 0.15) is 32.1 Å². The fraction of sp³-hybridized carbons (Fsp3) is 0.476. The van der Waals surface area contributed by atoms with E-state index in [2.05, 4.69) is 42.5 Å². The van der Waals surface area contributed by atoms with E-state index in [-0.39, 0.29) is 6.03 Å². The van der Waals surface area contributed by atoms with Crippen LogP contribution in [0.15, 0.2) is 42.7 Å². The van der Waals surface area contributed by atoms with E-state index in [0.29, 0.717) is 6.04 Å². The molecule has 1 saturated carbocycles. The van der Waals surface area contributed by atoms with Gasteiger partial charge in [-0.25, -0.2) is 14.8 Å². The van der Waals surface area contributed by atoms with Crippen LogP contribution in [0, 0.1) is 0 Å². The van der Waals surface area contributed by atoms with Gasteiger partial charge in [0.25, 0.3) is 0 Å². The standard InChI is InChI=1S/C21H28N6O/c28-21(24-17-5-2-1-3-6-17)25-18-7-9-19(10-8-18)26-13-15-27(16-14-26)20-22-11-4-12-23-20/h4,7-12,17H,1-3,5-6,13-16H2,(H2,24,25,28). The maximum atomic E-state index is 12.2. The summed E-state index contributed by atoms with van der Waals surface area (Å²) in [6, 6.07) is 10.2. The summed E-state index contributed by atoms with van der Waals surface area (Å²) in [5.74, 6) is 0.797. The first-order valence-electron chi connectivity index (χ1n) is 10.2. The average molecular weight is 380 g/mol. The molecule has 2 heterocycles. The Morgan fingerprint density at radius 2 is 1.54 bits per heavy atom. The Labute approximate surface area is 166 Å². The number of urea groups is 1. The van der Waals surface area contributed by atoms with Gasteiger partial charge in [0, 0.05) is 56.0 Å². The number of carbonyl (C=O) groups excluding carboxylic acids is 1. The first-order chi connectivity index (χ1) is 13.8. The Morgan fingerprint density at radius 1 is 0.893 bits per heavy atom. The third-order valence-corrected chi connectivity index (χ3v) is 5.55. The largest absolute Gasteiger partial charge is 0.368 e. The van der Waals surface area contributed by atoms with Crippen LogP contribution in [0.3, 0.4) is 0 Å². The maximum Gasteiger partial charge on any atom is 0.319 e. The quantitative estimate of drug-likeness (QED) is 0.852. The van der Waals surface area contributed by atoms with E-state index in [1.165, 1.54) is 24.9 Å². The van der Waals surface area contributed by atoms with Crippen molar-refractivity contribution in [1.82, 2.24) is 15.3 Å². The van der Waals surface area contributed by atoms with Crippen LogP contribution in [-0.4, -0.2) is 48.2 Å². The van der Waals surface area contributed by atoms with E-state index >= 15 is 0 Å². The van der Waals surface area contributed by atoms with Gasteiger partial charge >= 0.3 is 6.03 Å². The van der Waals surface area contributed by atoms with E-state index < -0.39 is 0 Å². The SMILES string of the molecule is O=C(Nc1ccc(N2CCN(c3ncccn3)CC2)cc1)NC1CCCCC1. The fourth-order valence-corrected chi connectivity index (χ4v) is 3.97. The van der Waals surface area contributed by atoms with Crippen molar-refractivity contribution in [3.63, 3.8) is 0 Å². The van der Waals surface area contributed by atoms with Crippen molar-refractivity contribution in [3.05, 3.63) is 42.7 Å². The molecule has 148 valence electrons. The second-order valence-electron chi connectivity index (χ2n) is 7.50. The van der Waals surface area contributed by atoms with Crippen LogP contribution in [-0.2, 0) is 0 Å². The molecule has 2 aliphatic rings. The molecule has 7 heteroatoms. The molecular formula is C21H28N6O. The van der Waals surface area contributed by atoms with Gasteiger partial charge in [-0.3, -0.25) is 0 Å². The van der Waals surface area contributed by atoms with E-state index in [1.807, 2.05) is 18.2 Å². The molecule has 4 rings (SSSR count). The Balaban J connectivity index is 1.27. The number of rotatable bonds is 4. The summed E-state index contributed by atoms with van der Waals surface area (Å²) in [5, 5.41) is 6.04. The topological polar surface area (TPSA) is 73.4 Å². The summed E-state index contributed by atoms with van der Waals surface area (Å²) >= 11 is 0. The molecule has 2 aromatic rings. The summed E-state index contributed by atoms with van der Waals surface area (Å²) in [5.41, 5.74) is 2.00. The van der Waals surface area contributed by atoms with Crippen molar-refractivity contribution in [2.24, 2.45) is 0 Å². The lowest BCUT2D eigenvalue weighted by Gasteiger charge is -2.36. The van der Waals surface area contributed by atoms with Gasteiger partial charge < -0.3 is 20.4 Å². The number of hydrogen-bond acceptors (Lipinski definition) is 5. The number of piperazine rings is 1. The lowest BCUT2D eigenvalue weighted by atomic mass is 9.96. The molecule has 0 bridgehead atoms. The zero-order chi connectivity index (χ0) is 19.2. The zero-order valence-electron chi connectivity index (χ0n) is 16.2. The monoisotopic (exact) mass is 380 g/mol. The van der Waals surface area contributed by atoms with Gasteiger partial charge in [-0.05, 0) is 43.2 Å². The third kappa shape index (κ3) is 4.71. The van der Waals surface area contributed by atoms with Gasteiger partial charge in [0.15, 0.2) is 0 Å². The van der Waals surface area contributed by atoms with Crippen LogP contribution in [0.5, 0.6) is 0 Å². The summed E-state index contributed by atoms with van der Waals surface area (Å²) in [6.07, 6.45) is 9.45. The molecule has 1 aromatic carbocycles. The van der Waals surface area contributed by atoms with Gasteiger partial charge in [-0.15, -0.1) is 0 Å². The van der Waals surface area contributed by atoms with Crippen molar-refractivity contribution in [1.29, 1.82) is 0 Å². The molecule has 2 N–H and O–H groups in total. The first-order valence-corrected chi connectivity index (χ1v) is 10.2. The Morgan fingerprint density at radius 3 is 2.21 bits per heavy atom. The van der Waals surface area contributed by atoms with Crippen LogP contribution in [0.2, 0.25) is 0 Å². The number of carbonyl (C=O) groups is 1. The Kier molecular flexibility index (Phi) is 5.89. The van der Waals surface area contributed by atoms with Crippen molar-refractivity contribution >= 4 is 23.4 Å². The second kappa shape index (κ2) is 8.91. The highest BCUT2D eigenvalue weighted by molar-refractivity contribution is 5.89. The highest BCUT2D eigenvalue weighted by atomic mass is 16.2. The number of aromatic nitrogens is 2. The highest BCUT2D eigenvalue weighted by Gasteiger charge is 2.19. The summed E-state index contributed by atoms with van der Waals surface area (Å²) in [7, 11) is 0. The van der Waals surface area contributed by atoms with Crippen LogP contribution >= 0.6 is 0 Å². The van der Waals surface area contributed by atoms with Crippen LogP contribution < -0.4 is 20.4 Å². The lowest BCUT2D eigenvalue weighted by Crippen LogP contribution is -2.47. The van der Waals surface area contributed by atoms with Crippen molar-refractivity contribution in [3.8, 4) is 0 Å². The minimum absolute atomic E-state index is 0.101. The van der Waals surface area contributed by atoms with Gasteiger partial charge in [0.05, 0.1) is 0 Å². The summed E-state index contributed by atoms with van der Waals surface area (Å²) in [6.45, 7) is 3.64. The van der Waals surface area contributed by atoms with Crippen molar-refractivity contribution in [2.75, 3.05) is 41.3 Å². The molecule has 0 atom stereocenters. The molecule has 0 unspecified atom stereocenters. The molecule has 1 saturated heterocycles. The zero-order valence-corrected chi connectivity index (χ0v) is 16.2. The van der Waals surface area contributed by atoms with Gasteiger partial charge in [0.2, 0.25) is 5.95 Å². The van der Waals surface area contributed by atoms with E-state index in [1.54, 1.807) is 12.4 Å². The fourth-order valence-electron chi connectivity index (χ4n) is 3.97. The Hall–Kier alpha value is -2.83. The molecule has 1 aliphatic heterocycles. The predicted molar refractivity (Wildman–Crippen MR) is 112 cm³/mol. The normalized spacial score (nSPS) is 18.0. The average Bonchev–Trinajstić information content (AvgIpc) is 2.76. The van der Waals surface area contributed by atoms with Crippen molar-refractivity contribution < 1.29 is 4.79 Å². The second-order valence-corrected chi connectivity index (χ2v) is 7.50. The number of nitrogens with zero attached hydrogens (tertiary/aromatic N) is 4. The molecule has 28 heavy (non-hydrogen) atoms. The molecule has 2 amide bonds. The number of benzene rings is 1.